The highest BCUT2D eigenvalue weighted by atomic mass is 16.6. The van der Waals surface area contributed by atoms with Crippen LogP contribution >= 0.6 is 0 Å². The van der Waals surface area contributed by atoms with Gasteiger partial charge in [-0.05, 0) is 48.0 Å². The molecule has 11 heteroatoms. The minimum Gasteiger partial charge on any atom is -0.444 e. The van der Waals surface area contributed by atoms with E-state index in [1.54, 1.807) is 41.5 Å². The fourth-order valence-electron chi connectivity index (χ4n) is 1.98. The SMILES string of the molecule is CC(C)(C)OC(=O)NCCNC(=O)CC[C@H](N)C(=O)NCCNC(=O)OC(C)(C)C. The molecular formula is C19H37N5O6. The summed E-state index contributed by atoms with van der Waals surface area (Å²) in [5.74, 6) is -0.698. The molecule has 6 N–H and O–H groups in total. The first-order valence-electron chi connectivity index (χ1n) is 9.93. The lowest BCUT2D eigenvalue weighted by Crippen LogP contribution is -2.44. The lowest BCUT2D eigenvalue weighted by Gasteiger charge is -2.20. The number of carbonyl (C=O) groups is 4. The summed E-state index contributed by atoms with van der Waals surface area (Å²) in [6, 6.07) is -0.850. The second-order valence-electron chi connectivity index (χ2n) is 8.64. The van der Waals surface area contributed by atoms with Crippen LogP contribution in [0.1, 0.15) is 54.4 Å². The van der Waals surface area contributed by atoms with Gasteiger partial charge in [0.15, 0.2) is 0 Å². The number of amides is 4. The first-order chi connectivity index (χ1) is 13.7. The Morgan fingerprint density at radius 2 is 1.13 bits per heavy atom. The monoisotopic (exact) mass is 431 g/mol. The van der Waals surface area contributed by atoms with Crippen LogP contribution in [0.3, 0.4) is 0 Å². The van der Waals surface area contributed by atoms with Gasteiger partial charge in [-0.1, -0.05) is 0 Å². The molecule has 0 fully saturated rings. The van der Waals surface area contributed by atoms with Gasteiger partial charge in [0.2, 0.25) is 11.8 Å². The number of carbonyl (C=O) groups excluding carboxylic acids is 4. The summed E-state index contributed by atoms with van der Waals surface area (Å²) in [6.07, 6.45) is -0.899. The predicted octanol–water partition coefficient (Wildman–Crippen LogP) is 0.376. The molecule has 11 nitrogen and oxygen atoms in total. The Labute approximate surface area is 178 Å². The highest BCUT2D eigenvalue weighted by molar-refractivity contribution is 5.83. The maximum Gasteiger partial charge on any atom is 0.407 e. The summed E-state index contributed by atoms with van der Waals surface area (Å²) in [5, 5.41) is 10.2. The highest BCUT2D eigenvalue weighted by Crippen LogP contribution is 2.06. The van der Waals surface area contributed by atoms with E-state index in [1.165, 1.54) is 0 Å². The van der Waals surface area contributed by atoms with Crippen LogP contribution in [0.4, 0.5) is 9.59 Å². The topological polar surface area (TPSA) is 161 Å². The zero-order valence-electron chi connectivity index (χ0n) is 18.8. The molecule has 0 aromatic rings. The van der Waals surface area contributed by atoms with E-state index >= 15 is 0 Å². The minimum atomic E-state index is -0.850. The largest absolute Gasteiger partial charge is 0.444 e. The number of hydrogen-bond donors (Lipinski definition) is 5. The number of nitrogens with two attached hydrogens (primary N) is 1. The number of alkyl carbamates (subject to hydrolysis) is 2. The summed E-state index contributed by atoms with van der Waals surface area (Å²) in [5.41, 5.74) is 4.58. The van der Waals surface area contributed by atoms with Crippen molar-refractivity contribution in [2.45, 2.75) is 71.6 Å². The molecule has 0 radical (unpaired) electrons. The van der Waals surface area contributed by atoms with Crippen molar-refractivity contribution >= 4 is 24.0 Å². The molecule has 0 saturated heterocycles. The zero-order valence-corrected chi connectivity index (χ0v) is 18.8. The Morgan fingerprint density at radius 1 is 0.733 bits per heavy atom. The van der Waals surface area contributed by atoms with Gasteiger partial charge in [0.25, 0.3) is 0 Å². The van der Waals surface area contributed by atoms with Gasteiger partial charge in [-0.25, -0.2) is 9.59 Å². The van der Waals surface area contributed by atoms with E-state index < -0.39 is 35.3 Å². The van der Waals surface area contributed by atoms with Gasteiger partial charge in [0.05, 0.1) is 6.04 Å². The Balaban J connectivity index is 3.86. The fourth-order valence-corrected chi connectivity index (χ4v) is 1.98. The molecule has 0 spiro atoms. The first-order valence-corrected chi connectivity index (χ1v) is 9.93. The zero-order chi connectivity index (χ0) is 23.4. The molecule has 0 aromatic carbocycles. The van der Waals surface area contributed by atoms with Gasteiger partial charge in [-0.15, -0.1) is 0 Å². The molecule has 174 valence electrons. The Bertz CT molecular complexity index is 583. The normalized spacial score (nSPS) is 12.4. The molecular weight excluding hydrogens is 394 g/mol. The fraction of sp³-hybridized carbons (Fsp3) is 0.789. The van der Waals surface area contributed by atoms with E-state index in [4.69, 9.17) is 15.2 Å². The molecule has 0 unspecified atom stereocenters. The van der Waals surface area contributed by atoms with Crippen LogP contribution in [0.2, 0.25) is 0 Å². The van der Waals surface area contributed by atoms with Gasteiger partial charge < -0.3 is 36.5 Å². The molecule has 30 heavy (non-hydrogen) atoms. The molecule has 0 aliphatic carbocycles. The second-order valence-corrected chi connectivity index (χ2v) is 8.64. The van der Waals surface area contributed by atoms with Crippen LogP contribution in [0.15, 0.2) is 0 Å². The van der Waals surface area contributed by atoms with Crippen molar-refractivity contribution in [1.82, 2.24) is 21.3 Å². The van der Waals surface area contributed by atoms with Crippen molar-refractivity contribution in [3.05, 3.63) is 0 Å². The van der Waals surface area contributed by atoms with Crippen molar-refractivity contribution in [2.24, 2.45) is 5.73 Å². The lowest BCUT2D eigenvalue weighted by atomic mass is 10.1. The molecule has 0 aromatic heterocycles. The number of hydrogen-bond acceptors (Lipinski definition) is 7. The average molecular weight is 432 g/mol. The van der Waals surface area contributed by atoms with Crippen LogP contribution < -0.4 is 27.0 Å². The number of rotatable bonds is 10. The van der Waals surface area contributed by atoms with E-state index in [1.807, 2.05) is 0 Å². The molecule has 1 atom stereocenters. The maximum absolute atomic E-state index is 11.9. The second kappa shape index (κ2) is 12.9. The number of nitrogens with one attached hydrogen (secondary N) is 4. The van der Waals surface area contributed by atoms with Gasteiger partial charge in [-0.3, -0.25) is 9.59 Å². The molecule has 0 bridgehead atoms. The predicted molar refractivity (Wildman–Crippen MR) is 112 cm³/mol. The Hall–Kier alpha value is -2.56. The van der Waals surface area contributed by atoms with Crippen molar-refractivity contribution in [1.29, 1.82) is 0 Å². The summed E-state index contributed by atoms with van der Waals surface area (Å²) in [4.78, 5) is 46.6. The third-order valence-electron chi connectivity index (χ3n) is 3.23. The van der Waals surface area contributed by atoms with Crippen molar-refractivity contribution in [2.75, 3.05) is 26.2 Å². The van der Waals surface area contributed by atoms with Gasteiger partial charge in [-0.2, -0.15) is 0 Å². The molecule has 0 rings (SSSR count). The lowest BCUT2D eigenvalue weighted by molar-refractivity contribution is -0.123. The minimum absolute atomic E-state index is 0.0666. The standard InChI is InChI=1S/C19H37N5O6/c1-18(2,3)29-16(27)23-11-9-21-14(25)8-7-13(20)15(26)22-10-12-24-17(28)30-19(4,5)6/h13H,7-12,20H2,1-6H3,(H,21,25)(H,22,26)(H,23,27)(H,24,28)/t13-/m0/s1. The smallest absolute Gasteiger partial charge is 0.407 e. The Kier molecular flexibility index (Phi) is 11.8. The molecule has 0 aliphatic heterocycles. The molecule has 4 amide bonds. The summed E-state index contributed by atoms with van der Waals surface area (Å²) >= 11 is 0. The average Bonchev–Trinajstić information content (AvgIpc) is 2.57. The molecule has 0 heterocycles. The van der Waals surface area contributed by atoms with E-state index in [0.29, 0.717) is 0 Å². The Morgan fingerprint density at radius 3 is 1.57 bits per heavy atom. The summed E-state index contributed by atoms with van der Waals surface area (Å²) < 4.78 is 10.1. The van der Waals surface area contributed by atoms with E-state index in [2.05, 4.69) is 21.3 Å². The summed E-state index contributed by atoms with van der Waals surface area (Å²) in [6.45, 7) is 11.4. The maximum atomic E-state index is 11.9. The van der Waals surface area contributed by atoms with Crippen LogP contribution in [0.5, 0.6) is 0 Å². The van der Waals surface area contributed by atoms with Crippen LogP contribution in [-0.2, 0) is 19.1 Å². The van der Waals surface area contributed by atoms with Crippen molar-refractivity contribution < 1.29 is 28.7 Å². The third kappa shape index (κ3) is 16.4. The molecule has 0 saturated carbocycles. The highest BCUT2D eigenvalue weighted by Gasteiger charge is 2.17. The van der Waals surface area contributed by atoms with Crippen molar-refractivity contribution in [3.63, 3.8) is 0 Å². The van der Waals surface area contributed by atoms with Gasteiger partial charge in [0.1, 0.15) is 11.2 Å². The van der Waals surface area contributed by atoms with Crippen LogP contribution in [0, 0.1) is 0 Å². The van der Waals surface area contributed by atoms with E-state index in [0.717, 1.165) is 0 Å². The van der Waals surface area contributed by atoms with Gasteiger partial charge >= 0.3 is 12.2 Å². The van der Waals surface area contributed by atoms with Crippen LogP contribution in [0.25, 0.3) is 0 Å². The molecule has 0 aliphatic rings. The quantitative estimate of drug-likeness (QED) is 0.312. The van der Waals surface area contributed by atoms with E-state index in [9.17, 15) is 19.2 Å². The van der Waals surface area contributed by atoms with Crippen LogP contribution in [-0.4, -0.2) is 67.4 Å². The third-order valence-corrected chi connectivity index (χ3v) is 3.23. The van der Waals surface area contributed by atoms with Gasteiger partial charge in [0, 0.05) is 32.6 Å². The first kappa shape index (κ1) is 27.4. The van der Waals surface area contributed by atoms with Crippen molar-refractivity contribution in [3.8, 4) is 0 Å². The number of ether oxygens (including phenoxy) is 2. The summed E-state index contributed by atoms with van der Waals surface area (Å²) in [7, 11) is 0. The van der Waals surface area contributed by atoms with E-state index in [-0.39, 0.29) is 44.9 Å².